The van der Waals surface area contributed by atoms with Gasteiger partial charge in [-0.05, 0) is 47.0 Å². The summed E-state index contributed by atoms with van der Waals surface area (Å²) in [7, 11) is 0. The van der Waals surface area contributed by atoms with Crippen LogP contribution in [-0.4, -0.2) is 18.0 Å². The predicted molar refractivity (Wildman–Crippen MR) is 76.9 cm³/mol. The van der Waals surface area contributed by atoms with Gasteiger partial charge in [-0.25, -0.2) is 0 Å². The molecule has 1 aliphatic rings. The number of hydrogen-bond donors (Lipinski definition) is 2. The van der Waals surface area contributed by atoms with Crippen LogP contribution in [0.2, 0.25) is 5.02 Å². The molecule has 0 bridgehead atoms. The second kappa shape index (κ2) is 5.59. The van der Waals surface area contributed by atoms with Crippen molar-refractivity contribution in [3.63, 3.8) is 0 Å². The number of halogens is 2. The molecule has 0 atom stereocenters. The molecule has 98 valence electrons. The highest BCUT2D eigenvalue weighted by molar-refractivity contribution is 9.10. The third-order valence-corrected chi connectivity index (χ3v) is 4.40. The van der Waals surface area contributed by atoms with Crippen LogP contribution in [0.1, 0.15) is 36.0 Å². The largest absolute Gasteiger partial charge is 0.345 e. The van der Waals surface area contributed by atoms with E-state index in [-0.39, 0.29) is 11.4 Å². The van der Waals surface area contributed by atoms with E-state index in [4.69, 9.17) is 17.3 Å². The van der Waals surface area contributed by atoms with Crippen molar-refractivity contribution in [3.8, 4) is 0 Å². The highest BCUT2D eigenvalue weighted by Crippen LogP contribution is 2.30. The van der Waals surface area contributed by atoms with Crippen LogP contribution in [0.4, 0.5) is 0 Å². The summed E-state index contributed by atoms with van der Waals surface area (Å²) < 4.78 is 0.706. The fourth-order valence-electron chi connectivity index (χ4n) is 2.41. The number of amides is 1. The van der Waals surface area contributed by atoms with Crippen LogP contribution in [0.5, 0.6) is 0 Å². The molecule has 0 aliphatic heterocycles. The lowest BCUT2D eigenvalue weighted by molar-refractivity contribution is 0.0902. The molecule has 1 aromatic carbocycles. The van der Waals surface area contributed by atoms with E-state index in [2.05, 4.69) is 21.2 Å². The van der Waals surface area contributed by atoms with Crippen LogP contribution >= 0.6 is 27.5 Å². The third kappa shape index (κ3) is 2.87. The Morgan fingerprint density at radius 2 is 2.11 bits per heavy atom. The number of rotatable bonds is 3. The molecular weight excluding hydrogens is 316 g/mol. The average Bonchev–Trinajstić information content (AvgIpc) is 2.78. The fourth-order valence-corrected chi connectivity index (χ4v) is 3.28. The monoisotopic (exact) mass is 330 g/mol. The molecule has 0 saturated heterocycles. The summed E-state index contributed by atoms with van der Waals surface area (Å²) in [5.74, 6) is -0.0918. The van der Waals surface area contributed by atoms with Crippen LogP contribution in [0.25, 0.3) is 0 Å². The van der Waals surface area contributed by atoms with Crippen LogP contribution < -0.4 is 11.1 Å². The molecule has 18 heavy (non-hydrogen) atoms. The predicted octanol–water partition coefficient (Wildman–Crippen LogP) is 3.10. The molecular formula is C13H16BrClN2O. The van der Waals surface area contributed by atoms with Gasteiger partial charge in [0.25, 0.3) is 5.91 Å². The minimum Gasteiger partial charge on any atom is -0.345 e. The van der Waals surface area contributed by atoms with Gasteiger partial charge in [0.2, 0.25) is 0 Å². The minimum absolute atomic E-state index is 0.0918. The number of nitrogens with two attached hydrogens (primary N) is 1. The zero-order valence-electron chi connectivity index (χ0n) is 10.0. The van der Waals surface area contributed by atoms with Gasteiger partial charge in [0.1, 0.15) is 0 Å². The van der Waals surface area contributed by atoms with Crippen LogP contribution in [-0.2, 0) is 0 Å². The maximum absolute atomic E-state index is 12.3. The Morgan fingerprint density at radius 1 is 1.44 bits per heavy atom. The molecule has 1 aromatic rings. The Labute approximate surface area is 120 Å². The van der Waals surface area contributed by atoms with Crippen molar-refractivity contribution < 1.29 is 4.79 Å². The van der Waals surface area contributed by atoms with Crippen molar-refractivity contribution in [2.75, 3.05) is 6.54 Å². The van der Waals surface area contributed by atoms with E-state index in [1.54, 1.807) is 18.2 Å². The van der Waals surface area contributed by atoms with Crippen molar-refractivity contribution in [2.45, 2.75) is 31.2 Å². The number of nitrogens with one attached hydrogen (secondary N) is 1. The molecule has 0 radical (unpaired) electrons. The molecule has 2 rings (SSSR count). The summed E-state index contributed by atoms with van der Waals surface area (Å²) in [5.41, 5.74) is 6.18. The molecule has 5 heteroatoms. The van der Waals surface area contributed by atoms with E-state index in [1.807, 2.05) is 0 Å². The van der Waals surface area contributed by atoms with Gasteiger partial charge in [-0.3, -0.25) is 4.79 Å². The molecule has 3 nitrogen and oxygen atoms in total. The van der Waals surface area contributed by atoms with Gasteiger partial charge in [0, 0.05) is 16.0 Å². The number of benzene rings is 1. The van der Waals surface area contributed by atoms with Crippen molar-refractivity contribution in [3.05, 3.63) is 33.3 Å². The molecule has 1 amide bonds. The highest BCUT2D eigenvalue weighted by Gasteiger charge is 2.34. The Morgan fingerprint density at radius 3 is 2.67 bits per heavy atom. The summed E-state index contributed by atoms with van der Waals surface area (Å²) in [5, 5.41) is 3.69. The number of carbonyl (C=O) groups is 1. The topological polar surface area (TPSA) is 55.1 Å². The van der Waals surface area contributed by atoms with E-state index in [0.717, 1.165) is 25.7 Å². The summed E-state index contributed by atoms with van der Waals surface area (Å²) in [6, 6.07) is 5.16. The van der Waals surface area contributed by atoms with E-state index in [1.165, 1.54) is 0 Å². The van der Waals surface area contributed by atoms with Crippen LogP contribution in [0.3, 0.4) is 0 Å². The lowest BCUT2D eigenvalue weighted by Crippen LogP contribution is -2.51. The zero-order chi connectivity index (χ0) is 13.2. The van der Waals surface area contributed by atoms with Crippen molar-refractivity contribution in [1.82, 2.24) is 5.32 Å². The second-order valence-corrected chi connectivity index (χ2v) is 6.06. The summed E-state index contributed by atoms with van der Waals surface area (Å²) in [6.45, 7) is 0.490. The maximum Gasteiger partial charge on any atom is 0.252 e. The Hall–Kier alpha value is -0.580. The molecule has 1 saturated carbocycles. The van der Waals surface area contributed by atoms with Crippen molar-refractivity contribution >= 4 is 33.4 Å². The minimum atomic E-state index is -0.226. The Kier molecular flexibility index (Phi) is 4.30. The standard InChI is InChI=1S/C13H16BrClN2O/c14-11-7-9(15)3-4-10(11)12(18)17-13(8-16)5-1-2-6-13/h3-4,7H,1-2,5-6,8,16H2,(H,17,18). The lowest BCUT2D eigenvalue weighted by atomic mass is 9.97. The quantitative estimate of drug-likeness (QED) is 0.894. The van der Waals surface area contributed by atoms with Gasteiger partial charge in [0.05, 0.1) is 11.1 Å². The van der Waals surface area contributed by atoms with Gasteiger partial charge < -0.3 is 11.1 Å². The van der Waals surface area contributed by atoms with Crippen LogP contribution in [0, 0.1) is 0 Å². The fraction of sp³-hybridized carbons (Fsp3) is 0.462. The van der Waals surface area contributed by atoms with Crippen molar-refractivity contribution in [2.24, 2.45) is 5.73 Å². The maximum atomic E-state index is 12.3. The van der Waals surface area contributed by atoms with Crippen molar-refractivity contribution in [1.29, 1.82) is 0 Å². The van der Waals surface area contributed by atoms with E-state index < -0.39 is 0 Å². The van der Waals surface area contributed by atoms with Gasteiger partial charge >= 0.3 is 0 Å². The van der Waals surface area contributed by atoms with Gasteiger partial charge in [-0.1, -0.05) is 24.4 Å². The lowest BCUT2D eigenvalue weighted by Gasteiger charge is -2.28. The first-order valence-corrected chi connectivity index (χ1v) is 7.21. The molecule has 1 fully saturated rings. The van der Waals surface area contributed by atoms with E-state index >= 15 is 0 Å². The van der Waals surface area contributed by atoms with Gasteiger partial charge in [-0.2, -0.15) is 0 Å². The summed E-state index contributed by atoms with van der Waals surface area (Å²) in [6.07, 6.45) is 4.17. The third-order valence-electron chi connectivity index (χ3n) is 3.51. The van der Waals surface area contributed by atoms with E-state index in [9.17, 15) is 4.79 Å². The molecule has 0 spiro atoms. The average molecular weight is 332 g/mol. The summed E-state index contributed by atoms with van der Waals surface area (Å²) in [4.78, 5) is 12.3. The number of hydrogen-bond acceptors (Lipinski definition) is 2. The first-order chi connectivity index (χ1) is 8.56. The van der Waals surface area contributed by atoms with Crippen LogP contribution in [0.15, 0.2) is 22.7 Å². The molecule has 0 heterocycles. The number of carbonyl (C=O) groups excluding carboxylic acids is 1. The SMILES string of the molecule is NCC1(NC(=O)c2ccc(Cl)cc2Br)CCCC1. The first kappa shape index (κ1) is 13.8. The molecule has 0 aromatic heterocycles. The van der Waals surface area contributed by atoms with E-state index in [0.29, 0.717) is 21.6 Å². The normalized spacial score (nSPS) is 17.7. The Bertz CT molecular complexity index is 458. The molecule has 1 aliphatic carbocycles. The Balaban J connectivity index is 2.16. The smallest absolute Gasteiger partial charge is 0.252 e. The highest BCUT2D eigenvalue weighted by atomic mass is 79.9. The van der Waals surface area contributed by atoms with Gasteiger partial charge in [0.15, 0.2) is 0 Å². The molecule has 0 unspecified atom stereocenters. The van der Waals surface area contributed by atoms with Gasteiger partial charge in [-0.15, -0.1) is 0 Å². The zero-order valence-corrected chi connectivity index (χ0v) is 12.4. The second-order valence-electron chi connectivity index (χ2n) is 4.77. The first-order valence-electron chi connectivity index (χ1n) is 6.04. The summed E-state index contributed by atoms with van der Waals surface area (Å²) >= 11 is 9.22. The molecule has 3 N–H and O–H groups in total.